The Kier molecular flexibility index (Phi) is 6.48. The van der Waals surface area contributed by atoms with Gasteiger partial charge in [-0.2, -0.15) is 13.2 Å². The zero-order chi connectivity index (χ0) is 15.9. The SMILES string of the molecule is CCCNc1ccc(C(F)(F)F)cc1NC(=O)CCNC. The molecule has 0 unspecified atom stereocenters. The van der Waals surface area contributed by atoms with Gasteiger partial charge in [0.25, 0.3) is 0 Å². The highest BCUT2D eigenvalue weighted by molar-refractivity contribution is 5.94. The molecule has 0 saturated carbocycles. The molecule has 21 heavy (non-hydrogen) atoms. The van der Waals surface area contributed by atoms with E-state index in [-0.39, 0.29) is 18.0 Å². The summed E-state index contributed by atoms with van der Waals surface area (Å²) in [5.74, 6) is -0.330. The van der Waals surface area contributed by atoms with Gasteiger partial charge in [0.1, 0.15) is 0 Å². The number of carbonyl (C=O) groups excluding carboxylic acids is 1. The lowest BCUT2D eigenvalue weighted by Crippen LogP contribution is -2.20. The quantitative estimate of drug-likeness (QED) is 0.725. The van der Waals surface area contributed by atoms with Crippen LogP contribution in [-0.2, 0) is 11.0 Å². The van der Waals surface area contributed by atoms with E-state index in [2.05, 4.69) is 16.0 Å². The van der Waals surface area contributed by atoms with Crippen molar-refractivity contribution in [3.05, 3.63) is 23.8 Å². The number of benzene rings is 1. The standard InChI is InChI=1S/C14H20F3N3O/c1-3-7-19-11-5-4-10(14(15,16)17)9-12(11)20-13(21)6-8-18-2/h4-5,9,18-19H,3,6-8H2,1-2H3,(H,20,21). The largest absolute Gasteiger partial charge is 0.416 e. The van der Waals surface area contributed by atoms with Crippen LogP contribution in [0.2, 0.25) is 0 Å². The molecule has 1 rings (SSSR count). The van der Waals surface area contributed by atoms with Gasteiger partial charge in [-0.05, 0) is 31.7 Å². The van der Waals surface area contributed by atoms with E-state index in [1.807, 2.05) is 6.92 Å². The second kappa shape index (κ2) is 7.87. The molecule has 0 aliphatic carbocycles. The van der Waals surface area contributed by atoms with E-state index in [9.17, 15) is 18.0 Å². The maximum absolute atomic E-state index is 12.7. The second-order valence-corrected chi connectivity index (χ2v) is 4.59. The summed E-state index contributed by atoms with van der Waals surface area (Å²) in [6.07, 6.45) is -3.41. The van der Waals surface area contributed by atoms with Crippen molar-refractivity contribution in [2.24, 2.45) is 0 Å². The number of rotatable bonds is 7. The number of hydrogen-bond donors (Lipinski definition) is 3. The van der Waals surface area contributed by atoms with Crippen LogP contribution < -0.4 is 16.0 Å². The Balaban J connectivity index is 2.96. The summed E-state index contributed by atoms with van der Waals surface area (Å²) in [5, 5.41) is 8.34. The van der Waals surface area contributed by atoms with Crippen molar-refractivity contribution in [3.63, 3.8) is 0 Å². The highest BCUT2D eigenvalue weighted by Crippen LogP contribution is 2.34. The van der Waals surface area contributed by atoms with Crippen LogP contribution in [0.1, 0.15) is 25.3 Å². The van der Waals surface area contributed by atoms with Gasteiger partial charge in [0.05, 0.1) is 16.9 Å². The number of hydrogen-bond acceptors (Lipinski definition) is 3. The zero-order valence-electron chi connectivity index (χ0n) is 12.1. The molecule has 1 aromatic rings. The Morgan fingerprint density at radius 3 is 2.48 bits per heavy atom. The number of carbonyl (C=O) groups is 1. The first kappa shape index (κ1) is 17.3. The molecule has 7 heteroatoms. The van der Waals surface area contributed by atoms with E-state index in [1.54, 1.807) is 7.05 Å². The van der Waals surface area contributed by atoms with Gasteiger partial charge in [0, 0.05) is 19.5 Å². The highest BCUT2D eigenvalue weighted by Gasteiger charge is 2.31. The van der Waals surface area contributed by atoms with Crippen molar-refractivity contribution in [3.8, 4) is 0 Å². The fraction of sp³-hybridized carbons (Fsp3) is 0.500. The predicted octanol–water partition coefficient (Wildman–Crippen LogP) is 3.08. The highest BCUT2D eigenvalue weighted by atomic mass is 19.4. The van der Waals surface area contributed by atoms with Gasteiger partial charge in [-0.25, -0.2) is 0 Å². The summed E-state index contributed by atoms with van der Waals surface area (Å²) in [7, 11) is 1.70. The van der Waals surface area contributed by atoms with Gasteiger partial charge in [0.2, 0.25) is 5.91 Å². The van der Waals surface area contributed by atoms with E-state index in [0.717, 1.165) is 18.6 Å². The summed E-state index contributed by atoms with van der Waals surface area (Å²) < 4.78 is 38.2. The van der Waals surface area contributed by atoms with Crippen LogP contribution in [0.5, 0.6) is 0 Å². The van der Waals surface area contributed by atoms with Gasteiger partial charge >= 0.3 is 6.18 Å². The number of anilines is 2. The Hall–Kier alpha value is -1.76. The van der Waals surface area contributed by atoms with E-state index in [0.29, 0.717) is 18.8 Å². The zero-order valence-corrected chi connectivity index (χ0v) is 12.1. The molecule has 0 fully saturated rings. The Morgan fingerprint density at radius 1 is 1.19 bits per heavy atom. The molecular weight excluding hydrogens is 283 g/mol. The molecule has 0 bridgehead atoms. The van der Waals surface area contributed by atoms with Crippen molar-refractivity contribution in [2.45, 2.75) is 25.9 Å². The summed E-state index contributed by atoms with van der Waals surface area (Å²) >= 11 is 0. The van der Waals surface area contributed by atoms with Crippen LogP contribution in [0, 0.1) is 0 Å². The minimum atomic E-state index is -4.44. The molecule has 0 aliphatic rings. The minimum absolute atomic E-state index is 0.152. The van der Waals surface area contributed by atoms with E-state index in [4.69, 9.17) is 0 Å². The molecule has 118 valence electrons. The van der Waals surface area contributed by atoms with Gasteiger partial charge in [-0.3, -0.25) is 4.79 Å². The van der Waals surface area contributed by atoms with Crippen LogP contribution in [0.4, 0.5) is 24.5 Å². The maximum atomic E-state index is 12.7. The monoisotopic (exact) mass is 303 g/mol. The maximum Gasteiger partial charge on any atom is 0.416 e. The predicted molar refractivity (Wildman–Crippen MR) is 77.4 cm³/mol. The molecule has 3 N–H and O–H groups in total. The lowest BCUT2D eigenvalue weighted by molar-refractivity contribution is -0.137. The topological polar surface area (TPSA) is 53.2 Å². The summed E-state index contributed by atoms with van der Waals surface area (Å²) in [5.41, 5.74) is -0.143. The van der Waals surface area contributed by atoms with Crippen LogP contribution in [0.15, 0.2) is 18.2 Å². The first-order chi connectivity index (χ1) is 9.88. The molecular formula is C14H20F3N3O. The summed E-state index contributed by atoms with van der Waals surface area (Å²) in [6.45, 7) is 3.02. The Morgan fingerprint density at radius 2 is 1.90 bits per heavy atom. The molecule has 0 aromatic heterocycles. The molecule has 0 spiro atoms. The van der Waals surface area contributed by atoms with Crippen LogP contribution in [-0.4, -0.2) is 26.0 Å². The molecule has 4 nitrogen and oxygen atoms in total. The van der Waals surface area contributed by atoms with E-state index in [1.165, 1.54) is 6.07 Å². The average Bonchev–Trinajstić information content (AvgIpc) is 2.42. The number of halogens is 3. The Bertz CT molecular complexity index is 475. The number of alkyl halides is 3. The smallest absolute Gasteiger partial charge is 0.383 e. The van der Waals surface area contributed by atoms with Crippen LogP contribution in [0.25, 0.3) is 0 Å². The first-order valence-corrected chi connectivity index (χ1v) is 6.78. The van der Waals surface area contributed by atoms with Crippen molar-refractivity contribution in [1.29, 1.82) is 0 Å². The normalized spacial score (nSPS) is 11.3. The van der Waals surface area contributed by atoms with E-state index < -0.39 is 11.7 Å². The molecule has 0 radical (unpaired) electrons. The third-order valence-corrected chi connectivity index (χ3v) is 2.79. The molecule has 0 saturated heterocycles. The fourth-order valence-electron chi connectivity index (χ4n) is 1.69. The fourth-order valence-corrected chi connectivity index (χ4v) is 1.69. The lowest BCUT2D eigenvalue weighted by atomic mass is 10.1. The van der Waals surface area contributed by atoms with Crippen molar-refractivity contribution >= 4 is 17.3 Å². The second-order valence-electron chi connectivity index (χ2n) is 4.59. The minimum Gasteiger partial charge on any atom is -0.383 e. The van der Waals surface area contributed by atoms with Crippen molar-refractivity contribution in [2.75, 3.05) is 30.8 Å². The third kappa shape index (κ3) is 5.63. The number of nitrogens with one attached hydrogen (secondary N) is 3. The summed E-state index contributed by atoms with van der Waals surface area (Å²) in [4.78, 5) is 11.7. The van der Waals surface area contributed by atoms with Crippen molar-refractivity contribution in [1.82, 2.24) is 5.32 Å². The number of amides is 1. The van der Waals surface area contributed by atoms with Crippen LogP contribution >= 0.6 is 0 Å². The molecule has 1 amide bonds. The third-order valence-electron chi connectivity index (χ3n) is 2.79. The van der Waals surface area contributed by atoms with Gasteiger partial charge in [-0.1, -0.05) is 6.92 Å². The molecule has 0 aliphatic heterocycles. The van der Waals surface area contributed by atoms with Gasteiger partial charge in [0.15, 0.2) is 0 Å². The summed E-state index contributed by atoms with van der Waals surface area (Å²) in [6, 6.07) is 3.29. The first-order valence-electron chi connectivity index (χ1n) is 6.78. The van der Waals surface area contributed by atoms with E-state index >= 15 is 0 Å². The van der Waals surface area contributed by atoms with Crippen molar-refractivity contribution < 1.29 is 18.0 Å². The lowest BCUT2D eigenvalue weighted by Gasteiger charge is -2.15. The van der Waals surface area contributed by atoms with Gasteiger partial charge in [-0.15, -0.1) is 0 Å². The Labute approximate surface area is 122 Å². The molecule has 1 aromatic carbocycles. The molecule has 0 heterocycles. The average molecular weight is 303 g/mol. The van der Waals surface area contributed by atoms with Crippen LogP contribution in [0.3, 0.4) is 0 Å². The van der Waals surface area contributed by atoms with Gasteiger partial charge < -0.3 is 16.0 Å². The molecule has 0 atom stereocenters.